The molecule has 2 N–H and O–H groups in total. The van der Waals surface area contributed by atoms with Gasteiger partial charge in [0.15, 0.2) is 11.6 Å². The SMILES string of the molecule is Nc1noc(-c2ccc(F)cc2[N+](=O)[O-])c1I. The molecular weight excluding hydrogens is 344 g/mol. The molecule has 0 aliphatic rings. The Labute approximate surface area is 108 Å². The highest BCUT2D eigenvalue weighted by atomic mass is 127. The zero-order chi connectivity index (χ0) is 12.6. The van der Waals surface area contributed by atoms with Crippen LogP contribution >= 0.6 is 22.6 Å². The number of nitrogens with zero attached hydrogens (tertiary/aromatic N) is 2. The lowest BCUT2D eigenvalue weighted by Gasteiger charge is -1.99. The summed E-state index contributed by atoms with van der Waals surface area (Å²) in [7, 11) is 0. The second-order valence-electron chi connectivity index (χ2n) is 3.13. The van der Waals surface area contributed by atoms with E-state index in [-0.39, 0.29) is 22.8 Å². The van der Waals surface area contributed by atoms with E-state index in [9.17, 15) is 14.5 Å². The number of aromatic nitrogens is 1. The van der Waals surface area contributed by atoms with Crippen molar-refractivity contribution in [1.29, 1.82) is 0 Å². The van der Waals surface area contributed by atoms with Gasteiger partial charge >= 0.3 is 0 Å². The number of anilines is 1. The quantitative estimate of drug-likeness (QED) is 0.511. The zero-order valence-electron chi connectivity index (χ0n) is 8.18. The largest absolute Gasteiger partial charge is 0.380 e. The molecule has 0 saturated heterocycles. The molecule has 8 heteroatoms. The third-order valence-electron chi connectivity index (χ3n) is 2.06. The van der Waals surface area contributed by atoms with E-state index >= 15 is 0 Å². The van der Waals surface area contributed by atoms with Gasteiger partial charge in [-0.3, -0.25) is 10.1 Å². The average Bonchev–Trinajstić information content (AvgIpc) is 2.60. The van der Waals surface area contributed by atoms with Crippen LogP contribution in [0.1, 0.15) is 0 Å². The maximum absolute atomic E-state index is 13.0. The van der Waals surface area contributed by atoms with Crippen molar-refractivity contribution in [2.75, 3.05) is 5.73 Å². The molecule has 1 aromatic carbocycles. The van der Waals surface area contributed by atoms with Crippen molar-refractivity contribution in [3.63, 3.8) is 0 Å². The first-order valence-corrected chi connectivity index (χ1v) is 5.43. The Bertz CT molecular complexity index is 599. The molecule has 0 bridgehead atoms. The summed E-state index contributed by atoms with van der Waals surface area (Å²) in [4.78, 5) is 10.1. The van der Waals surface area contributed by atoms with Crippen LogP contribution in [-0.4, -0.2) is 10.1 Å². The topological polar surface area (TPSA) is 95.2 Å². The lowest BCUT2D eigenvalue weighted by molar-refractivity contribution is -0.384. The number of nitro benzene ring substituents is 1. The molecule has 0 amide bonds. The summed E-state index contributed by atoms with van der Waals surface area (Å²) in [5.74, 6) is -0.392. The van der Waals surface area contributed by atoms with E-state index in [1.54, 1.807) is 0 Å². The molecule has 0 saturated carbocycles. The van der Waals surface area contributed by atoms with Gasteiger partial charge in [0.05, 0.1) is 16.6 Å². The second kappa shape index (κ2) is 4.28. The van der Waals surface area contributed by atoms with Crippen molar-refractivity contribution in [2.45, 2.75) is 0 Å². The number of nitro groups is 1. The Morgan fingerprint density at radius 2 is 2.24 bits per heavy atom. The molecule has 0 radical (unpaired) electrons. The van der Waals surface area contributed by atoms with Gasteiger partial charge in [-0.1, -0.05) is 5.16 Å². The first-order valence-electron chi connectivity index (χ1n) is 4.35. The van der Waals surface area contributed by atoms with Crippen LogP contribution < -0.4 is 5.73 Å². The maximum Gasteiger partial charge on any atom is 0.283 e. The number of benzene rings is 1. The van der Waals surface area contributed by atoms with Crippen LogP contribution in [0.4, 0.5) is 15.9 Å². The van der Waals surface area contributed by atoms with Crippen LogP contribution in [0.15, 0.2) is 22.7 Å². The van der Waals surface area contributed by atoms with E-state index in [4.69, 9.17) is 10.3 Å². The third kappa shape index (κ3) is 2.07. The van der Waals surface area contributed by atoms with Crippen molar-refractivity contribution < 1.29 is 13.8 Å². The molecule has 2 aromatic rings. The molecule has 0 spiro atoms. The molecule has 88 valence electrons. The Kier molecular flexibility index (Phi) is 2.96. The van der Waals surface area contributed by atoms with Crippen molar-refractivity contribution >= 4 is 34.1 Å². The van der Waals surface area contributed by atoms with Gasteiger partial charge in [-0.05, 0) is 34.7 Å². The summed E-state index contributed by atoms with van der Waals surface area (Å²) in [6.45, 7) is 0. The first-order chi connectivity index (χ1) is 8.00. The fourth-order valence-electron chi connectivity index (χ4n) is 1.31. The highest BCUT2D eigenvalue weighted by Crippen LogP contribution is 2.35. The molecule has 0 aliphatic heterocycles. The van der Waals surface area contributed by atoms with Gasteiger partial charge in [0.1, 0.15) is 9.39 Å². The van der Waals surface area contributed by atoms with E-state index < -0.39 is 10.7 Å². The highest BCUT2D eigenvalue weighted by Gasteiger charge is 2.23. The fraction of sp³-hybridized carbons (Fsp3) is 0. The second-order valence-corrected chi connectivity index (χ2v) is 4.21. The number of hydrogen-bond acceptors (Lipinski definition) is 5. The summed E-state index contributed by atoms with van der Waals surface area (Å²) < 4.78 is 18.3. The van der Waals surface area contributed by atoms with Gasteiger partial charge in [-0.15, -0.1) is 0 Å². The van der Waals surface area contributed by atoms with Gasteiger partial charge < -0.3 is 10.3 Å². The van der Waals surface area contributed by atoms with Gasteiger partial charge in [-0.2, -0.15) is 0 Å². The lowest BCUT2D eigenvalue weighted by atomic mass is 10.1. The Morgan fingerprint density at radius 1 is 1.53 bits per heavy atom. The standard InChI is InChI=1S/C9H5FIN3O3/c10-4-1-2-5(6(3-4)14(15)16)8-7(11)9(12)13-17-8/h1-3H,(H2,12,13). The Balaban J connectivity index is 2.67. The molecule has 6 nitrogen and oxygen atoms in total. The molecule has 0 aliphatic carbocycles. The minimum Gasteiger partial charge on any atom is -0.380 e. The van der Waals surface area contributed by atoms with E-state index in [1.807, 2.05) is 22.6 Å². The van der Waals surface area contributed by atoms with Crippen LogP contribution in [0, 0.1) is 19.5 Å². The molecule has 0 unspecified atom stereocenters. The first kappa shape index (κ1) is 11.8. The molecule has 1 aromatic heterocycles. The van der Waals surface area contributed by atoms with Crippen molar-refractivity contribution in [1.82, 2.24) is 5.16 Å². The molecular formula is C9H5FIN3O3. The van der Waals surface area contributed by atoms with Crippen LogP contribution in [0.2, 0.25) is 0 Å². The third-order valence-corrected chi connectivity index (χ3v) is 3.10. The summed E-state index contributed by atoms with van der Waals surface area (Å²) in [5.41, 5.74) is 5.23. The molecule has 0 atom stereocenters. The van der Waals surface area contributed by atoms with Crippen LogP contribution in [0.25, 0.3) is 11.3 Å². The van der Waals surface area contributed by atoms with Crippen LogP contribution in [0.5, 0.6) is 0 Å². The predicted molar refractivity (Wildman–Crippen MR) is 65.7 cm³/mol. The summed E-state index contributed by atoms with van der Waals surface area (Å²) >= 11 is 1.85. The maximum atomic E-state index is 13.0. The number of hydrogen-bond donors (Lipinski definition) is 1. The van der Waals surface area contributed by atoms with Gasteiger partial charge in [0, 0.05) is 0 Å². The number of nitrogen functional groups attached to an aromatic ring is 1. The summed E-state index contributed by atoms with van der Waals surface area (Å²) in [6, 6.07) is 3.19. The van der Waals surface area contributed by atoms with Crippen LogP contribution in [0.3, 0.4) is 0 Å². The van der Waals surface area contributed by atoms with E-state index in [2.05, 4.69) is 5.16 Å². The number of nitrogens with two attached hydrogens (primary N) is 1. The van der Waals surface area contributed by atoms with E-state index in [1.165, 1.54) is 6.07 Å². The summed E-state index contributed by atoms with van der Waals surface area (Å²) in [5, 5.41) is 14.3. The van der Waals surface area contributed by atoms with Crippen LogP contribution in [-0.2, 0) is 0 Å². The van der Waals surface area contributed by atoms with Gasteiger partial charge in [-0.25, -0.2) is 4.39 Å². The van der Waals surface area contributed by atoms with Crippen molar-refractivity contribution in [3.8, 4) is 11.3 Å². The normalized spacial score (nSPS) is 10.5. The minimum atomic E-state index is -0.692. The van der Waals surface area contributed by atoms with Crippen molar-refractivity contribution in [2.24, 2.45) is 0 Å². The Morgan fingerprint density at radius 3 is 2.76 bits per heavy atom. The molecule has 2 rings (SSSR count). The molecule has 1 heterocycles. The summed E-state index contributed by atoms with van der Waals surface area (Å²) in [6.07, 6.45) is 0. The zero-order valence-corrected chi connectivity index (χ0v) is 10.3. The molecule has 0 fully saturated rings. The van der Waals surface area contributed by atoms with E-state index in [0.717, 1.165) is 12.1 Å². The lowest BCUT2D eigenvalue weighted by Crippen LogP contribution is -1.93. The Hall–Kier alpha value is -1.71. The molecule has 17 heavy (non-hydrogen) atoms. The predicted octanol–water partition coefficient (Wildman–Crippen LogP) is 2.58. The highest BCUT2D eigenvalue weighted by molar-refractivity contribution is 14.1. The fourth-order valence-corrected chi connectivity index (χ4v) is 1.79. The minimum absolute atomic E-state index is 0.138. The number of rotatable bonds is 2. The smallest absolute Gasteiger partial charge is 0.283 e. The average molecular weight is 349 g/mol. The van der Waals surface area contributed by atoms with Gasteiger partial charge in [0.25, 0.3) is 5.69 Å². The number of halogens is 2. The van der Waals surface area contributed by atoms with Crippen molar-refractivity contribution in [3.05, 3.63) is 37.7 Å². The van der Waals surface area contributed by atoms with Gasteiger partial charge in [0.2, 0.25) is 0 Å². The van der Waals surface area contributed by atoms with E-state index in [0.29, 0.717) is 3.57 Å². The monoisotopic (exact) mass is 349 g/mol.